The molecule has 0 bridgehead atoms. The molecular formula is C37H25NOSi. The molecule has 3 heteroatoms. The molecule has 0 spiro atoms. The molecule has 8 rings (SSSR count). The summed E-state index contributed by atoms with van der Waals surface area (Å²) in [6.07, 6.45) is 0. The van der Waals surface area contributed by atoms with Gasteiger partial charge in [-0.1, -0.05) is 127 Å². The maximum absolute atomic E-state index is 14.1. The molecule has 1 aromatic heterocycles. The van der Waals surface area contributed by atoms with Crippen LogP contribution in [0.3, 0.4) is 0 Å². The van der Waals surface area contributed by atoms with Crippen LogP contribution >= 0.6 is 0 Å². The van der Waals surface area contributed by atoms with Gasteiger partial charge in [-0.25, -0.2) is 0 Å². The summed E-state index contributed by atoms with van der Waals surface area (Å²) in [7, 11) is -2.64. The number of hydrogen-bond acceptors (Lipinski definition) is 1. The van der Waals surface area contributed by atoms with Gasteiger partial charge < -0.3 is 0 Å². The van der Waals surface area contributed by atoms with Crippen LogP contribution < -0.4 is 26.3 Å². The van der Waals surface area contributed by atoms with Crippen molar-refractivity contribution in [2.45, 2.75) is 0 Å². The SMILES string of the molecule is O=c1c2ccccc2c2ccccc2n1-c1ccc2c(c1)[Si](c1ccccc1)(c1ccccc1)c1ccccc1-2. The van der Waals surface area contributed by atoms with Gasteiger partial charge in [-0.05, 0) is 61.5 Å². The van der Waals surface area contributed by atoms with Crippen molar-refractivity contribution in [2.24, 2.45) is 0 Å². The number of benzene rings is 6. The summed E-state index contributed by atoms with van der Waals surface area (Å²) < 4.78 is 1.91. The molecule has 0 fully saturated rings. The average Bonchev–Trinajstić information content (AvgIpc) is 3.33. The molecular weight excluding hydrogens is 502 g/mol. The molecule has 0 atom stereocenters. The van der Waals surface area contributed by atoms with Crippen LogP contribution in [0.25, 0.3) is 38.5 Å². The van der Waals surface area contributed by atoms with E-state index in [-0.39, 0.29) is 5.56 Å². The highest BCUT2D eigenvalue weighted by Crippen LogP contribution is 2.31. The van der Waals surface area contributed by atoms with E-state index in [1.807, 2.05) is 41.0 Å². The fourth-order valence-corrected chi connectivity index (χ4v) is 12.1. The van der Waals surface area contributed by atoms with Crippen LogP contribution in [0.4, 0.5) is 0 Å². The third kappa shape index (κ3) is 3.07. The lowest BCUT2D eigenvalue weighted by Gasteiger charge is -2.31. The molecule has 0 saturated carbocycles. The minimum absolute atomic E-state index is 0.0106. The Morgan fingerprint density at radius 2 is 1.00 bits per heavy atom. The molecule has 1 aliphatic rings. The summed E-state index contributed by atoms with van der Waals surface area (Å²) in [5, 5.41) is 8.23. The van der Waals surface area contributed by atoms with Crippen molar-refractivity contribution in [3.05, 3.63) is 162 Å². The van der Waals surface area contributed by atoms with Crippen LogP contribution in [0, 0.1) is 0 Å². The molecule has 6 aromatic carbocycles. The topological polar surface area (TPSA) is 22.0 Å². The zero-order valence-corrected chi connectivity index (χ0v) is 22.8. The van der Waals surface area contributed by atoms with Gasteiger partial charge in [-0.15, -0.1) is 0 Å². The van der Waals surface area contributed by atoms with Crippen LogP contribution in [-0.4, -0.2) is 12.6 Å². The number of fused-ring (bicyclic) bond motifs is 6. The molecule has 0 amide bonds. The van der Waals surface area contributed by atoms with Gasteiger partial charge in [0.15, 0.2) is 8.07 Å². The molecule has 7 aromatic rings. The average molecular weight is 528 g/mol. The summed E-state index contributed by atoms with van der Waals surface area (Å²) in [5.41, 5.74) is 4.39. The number of nitrogens with zero attached hydrogens (tertiary/aromatic N) is 1. The minimum atomic E-state index is -2.64. The van der Waals surface area contributed by atoms with E-state index in [1.54, 1.807) is 0 Å². The highest BCUT2D eigenvalue weighted by Gasteiger charge is 2.48. The summed E-state index contributed by atoms with van der Waals surface area (Å²) in [4.78, 5) is 14.1. The fraction of sp³-hybridized carbons (Fsp3) is 0. The van der Waals surface area contributed by atoms with E-state index in [0.717, 1.165) is 27.4 Å². The third-order valence-corrected chi connectivity index (χ3v) is 13.4. The van der Waals surface area contributed by atoms with E-state index in [4.69, 9.17) is 0 Å². The van der Waals surface area contributed by atoms with Crippen LogP contribution in [0.5, 0.6) is 0 Å². The van der Waals surface area contributed by atoms with Crippen molar-refractivity contribution in [1.29, 1.82) is 0 Å². The predicted molar refractivity (Wildman–Crippen MR) is 170 cm³/mol. The Morgan fingerprint density at radius 1 is 0.450 bits per heavy atom. The maximum atomic E-state index is 14.1. The van der Waals surface area contributed by atoms with Crippen LogP contribution in [-0.2, 0) is 0 Å². The van der Waals surface area contributed by atoms with Crippen LogP contribution in [0.2, 0.25) is 0 Å². The van der Waals surface area contributed by atoms with Gasteiger partial charge in [0.25, 0.3) is 5.56 Å². The van der Waals surface area contributed by atoms with E-state index in [0.29, 0.717) is 0 Å². The summed E-state index contributed by atoms with van der Waals surface area (Å²) in [6, 6.07) is 53.7. The Bertz CT molecular complexity index is 2090. The van der Waals surface area contributed by atoms with E-state index in [9.17, 15) is 4.79 Å². The Kier molecular flexibility index (Phi) is 5.03. The largest absolute Gasteiger partial charge is 0.276 e. The van der Waals surface area contributed by atoms with E-state index >= 15 is 0 Å². The molecule has 0 saturated heterocycles. The Morgan fingerprint density at radius 3 is 1.73 bits per heavy atom. The van der Waals surface area contributed by atoms with Crippen molar-refractivity contribution in [3.8, 4) is 16.8 Å². The first-order chi connectivity index (χ1) is 19.8. The first-order valence-corrected chi connectivity index (χ1v) is 15.7. The first kappa shape index (κ1) is 22.9. The van der Waals surface area contributed by atoms with Gasteiger partial charge in [0.2, 0.25) is 0 Å². The summed E-state index contributed by atoms with van der Waals surface area (Å²) in [5.74, 6) is 0. The normalized spacial score (nSPS) is 13.3. The van der Waals surface area contributed by atoms with Gasteiger partial charge in [0.1, 0.15) is 0 Å². The van der Waals surface area contributed by atoms with E-state index < -0.39 is 8.07 Å². The smallest absolute Gasteiger partial charge is 0.263 e. The van der Waals surface area contributed by atoms with E-state index in [2.05, 4.69) is 115 Å². The highest BCUT2D eigenvalue weighted by molar-refractivity contribution is 7.22. The van der Waals surface area contributed by atoms with Crippen molar-refractivity contribution < 1.29 is 0 Å². The molecule has 0 radical (unpaired) electrons. The number of rotatable bonds is 3. The van der Waals surface area contributed by atoms with Gasteiger partial charge in [-0.2, -0.15) is 0 Å². The van der Waals surface area contributed by atoms with Gasteiger partial charge in [0.05, 0.1) is 5.52 Å². The second-order valence-corrected chi connectivity index (χ2v) is 14.2. The van der Waals surface area contributed by atoms with Gasteiger partial charge in [0, 0.05) is 16.5 Å². The summed E-state index contributed by atoms with van der Waals surface area (Å²) >= 11 is 0. The quantitative estimate of drug-likeness (QED) is 0.220. The van der Waals surface area contributed by atoms with Gasteiger partial charge in [-0.3, -0.25) is 9.36 Å². The zero-order valence-electron chi connectivity index (χ0n) is 21.8. The number of pyridine rings is 1. The Hall–Kier alpha value is -4.99. The lowest BCUT2D eigenvalue weighted by atomic mass is 10.0. The van der Waals surface area contributed by atoms with Crippen molar-refractivity contribution in [3.63, 3.8) is 0 Å². The second kappa shape index (κ2) is 8.77. The second-order valence-electron chi connectivity index (χ2n) is 10.5. The monoisotopic (exact) mass is 527 g/mol. The van der Waals surface area contributed by atoms with Crippen LogP contribution in [0.1, 0.15) is 0 Å². The molecule has 1 aliphatic heterocycles. The third-order valence-electron chi connectivity index (χ3n) is 8.50. The molecule has 188 valence electrons. The molecule has 2 heterocycles. The summed E-state index contributed by atoms with van der Waals surface area (Å²) in [6.45, 7) is 0. The Labute approximate surface area is 233 Å². The van der Waals surface area contributed by atoms with Crippen molar-refractivity contribution in [1.82, 2.24) is 4.57 Å². The molecule has 0 aliphatic carbocycles. The van der Waals surface area contributed by atoms with Gasteiger partial charge >= 0.3 is 0 Å². The number of para-hydroxylation sites is 1. The lowest BCUT2D eigenvalue weighted by molar-refractivity contribution is 1.06. The van der Waals surface area contributed by atoms with Crippen LogP contribution in [0.15, 0.2) is 156 Å². The molecule has 0 unspecified atom stereocenters. The number of aromatic nitrogens is 1. The lowest BCUT2D eigenvalue weighted by Crippen LogP contribution is -2.72. The predicted octanol–water partition coefficient (Wildman–Crippen LogP) is 5.50. The molecule has 40 heavy (non-hydrogen) atoms. The molecule has 2 nitrogen and oxygen atoms in total. The zero-order chi connectivity index (χ0) is 26.7. The highest BCUT2D eigenvalue weighted by atomic mass is 28.3. The fourth-order valence-electron chi connectivity index (χ4n) is 6.86. The van der Waals surface area contributed by atoms with E-state index in [1.165, 1.54) is 31.9 Å². The van der Waals surface area contributed by atoms with Crippen molar-refractivity contribution in [2.75, 3.05) is 0 Å². The minimum Gasteiger partial charge on any atom is -0.276 e. The maximum Gasteiger partial charge on any atom is 0.263 e. The standard InChI is InChI=1S/C37H25NOSi/c39-37-33-20-8-7-17-29(33)30-18-9-11-21-34(30)38(37)26-23-24-32-31-19-10-12-22-35(31)40(36(32)25-26,27-13-3-1-4-14-27)28-15-5-2-6-16-28/h1-25H. The first-order valence-electron chi connectivity index (χ1n) is 13.7. The Balaban J connectivity index is 1.51. The molecule has 0 N–H and O–H groups in total. The van der Waals surface area contributed by atoms with Crippen molar-refractivity contribution >= 4 is 50.5 Å². The number of hydrogen-bond donors (Lipinski definition) is 0.